The maximum Gasteiger partial charge on any atom is 0.338 e. The summed E-state index contributed by atoms with van der Waals surface area (Å²) < 4.78 is 63.3. The van der Waals surface area contributed by atoms with Crippen LogP contribution in [0.5, 0.6) is 0 Å². The topological polar surface area (TPSA) is 0 Å². The highest BCUT2D eigenvalue weighted by atomic mass is 35.5. The molecule has 0 amide bonds. The van der Waals surface area contributed by atoms with E-state index in [-0.39, 0.29) is 0 Å². The molecule has 0 heterocycles. The molecule has 0 spiro atoms. The Bertz CT molecular complexity index is 256. The third-order valence-electron chi connectivity index (χ3n) is 1.53. The maximum atomic E-state index is 12.8. The van der Waals surface area contributed by atoms with E-state index in [2.05, 4.69) is 34.8 Å². The van der Waals surface area contributed by atoms with Crippen LogP contribution >= 0.6 is 34.8 Å². The van der Waals surface area contributed by atoms with E-state index in [4.69, 9.17) is 0 Å². The van der Waals surface area contributed by atoms with Crippen molar-refractivity contribution in [2.75, 3.05) is 0 Å². The van der Waals surface area contributed by atoms with E-state index in [1.807, 2.05) is 0 Å². The molecular formula is C5Cl3F5. The molecule has 0 nitrogen and oxygen atoms in total. The van der Waals surface area contributed by atoms with Crippen LogP contribution in [0, 0.1) is 0 Å². The van der Waals surface area contributed by atoms with Gasteiger partial charge in [0, 0.05) is 0 Å². The summed E-state index contributed by atoms with van der Waals surface area (Å²) in [6.45, 7) is 0. The van der Waals surface area contributed by atoms with Crippen molar-refractivity contribution in [3.8, 4) is 0 Å². The van der Waals surface area contributed by atoms with E-state index in [0.717, 1.165) is 0 Å². The van der Waals surface area contributed by atoms with Crippen molar-refractivity contribution >= 4 is 34.8 Å². The molecule has 8 heteroatoms. The fourth-order valence-electron chi connectivity index (χ4n) is 0.749. The van der Waals surface area contributed by atoms with Gasteiger partial charge in [0.1, 0.15) is 5.03 Å². The quantitative estimate of drug-likeness (QED) is 0.459. The predicted octanol–water partition coefficient (Wildman–Crippen LogP) is 3.86. The minimum atomic E-state index is -4.68. The van der Waals surface area contributed by atoms with Gasteiger partial charge < -0.3 is 0 Å². The first kappa shape index (κ1) is 11.3. The van der Waals surface area contributed by atoms with Crippen molar-refractivity contribution in [2.45, 2.75) is 16.2 Å². The smallest absolute Gasteiger partial charge is 0.213 e. The van der Waals surface area contributed by atoms with Gasteiger partial charge in [0.2, 0.25) is 0 Å². The second kappa shape index (κ2) is 2.64. The third-order valence-corrected chi connectivity index (χ3v) is 2.96. The summed E-state index contributed by atoms with van der Waals surface area (Å²) >= 11 is 13.6. The van der Waals surface area contributed by atoms with Crippen LogP contribution in [0.15, 0.2) is 10.9 Å². The lowest BCUT2D eigenvalue weighted by Gasteiger charge is -2.26. The van der Waals surface area contributed by atoms with Gasteiger partial charge in [-0.25, -0.2) is 13.2 Å². The van der Waals surface area contributed by atoms with E-state index >= 15 is 0 Å². The average molecular weight is 261 g/mol. The second-order valence-electron chi connectivity index (χ2n) is 2.35. The van der Waals surface area contributed by atoms with Crippen molar-refractivity contribution in [3.63, 3.8) is 0 Å². The number of allylic oxidation sites excluding steroid dienone is 2. The first-order valence-corrected chi connectivity index (χ1v) is 3.90. The van der Waals surface area contributed by atoms with E-state index in [1.54, 1.807) is 0 Å². The van der Waals surface area contributed by atoms with Crippen LogP contribution in [0.25, 0.3) is 0 Å². The lowest BCUT2D eigenvalue weighted by molar-refractivity contribution is -0.0786. The standard InChI is InChI=1S/C5Cl3F5/c6-1-2(9)3(7,10)5(8,13)4(1,11)12. The predicted molar refractivity (Wildman–Crippen MR) is 38.3 cm³/mol. The highest BCUT2D eigenvalue weighted by Crippen LogP contribution is 2.62. The van der Waals surface area contributed by atoms with Crippen LogP contribution in [0.2, 0.25) is 0 Å². The highest BCUT2D eigenvalue weighted by Gasteiger charge is 2.77. The number of alkyl halides is 6. The van der Waals surface area contributed by atoms with Gasteiger partial charge in [0.25, 0.3) is 5.13 Å². The molecule has 0 saturated heterocycles. The van der Waals surface area contributed by atoms with E-state index < -0.39 is 27.0 Å². The summed E-state index contributed by atoms with van der Waals surface area (Å²) in [7, 11) is 0. The molecule has 0 bridgehead atoms. The number of hydrogen-bond acceptors (Lipinski definition) is 0. The van der Waals surface area contributed by atoms with Gasteiger partial charge in [-0.15, -0.1) is 0 Å². The Hall–Kier alpha value is 0.260. The maximum absolute atomic E-state index is 12.8. The Labute approximate surface area is 84.2 Å². The summed E-state index contributed by atoms with van der Waals surface area (Å²) in [6, 6.07) is 0. The highest BCUT2D eigenvalue weighted by molar-refractivity contribution is 6.40. The molecule has 1 rings (SSSR count). The Kier molecular flexibility index (Phi) is 2.30. The zero-order valence-electron chi connectivity index (χ0n) is 5.52. The number of hydrogen-bond donors (Lipinski definition) is 0. The SMILES string of the molecule is FC1=C(Cl)C(F)(F)C(F)(Cl)C1(F)Cl. The minimum absolute atomic E-state index is 1.96. The van der Waals surface area contributed by atoms with Crippen LogP contribution in [-0.4, -0.2) is 16.2 Å². The van der Waals surface area contributed by atoms with Crippen LogP contribution in [0.4, 0.5) is 22.0 Å². The monoisotopic (exact) mass is 260 g/mol. The van der Waals surface area contributed by atoms with Crippen molar-refractivity contribution in [3.05, 3.63) is 10.9 Å². The Morgan fingerprint density at radius 2 is 1.38 bits per heavy atom. The van der Waals surface area contributed by atoms with Crippen molar-refractivity contribution in [2.24, 2.45) is 0 Å². The van der Waals surface area contributed by atoms with Crippen LogP contribution in [0.3, 0.4) is 0 Å². The molecule has 0 aliphatic heterocycles. The normalized spacial score (nSPS) is 44.3. The molecule has 0 aromatic carbocycles. The molecule has 1 aliphatic rings. The Morgan fingerprint density at radius 1 is 1.00 bits per heavy atom. The van der Waals surface area contributed by atoms with Gasteiger partial charge >= 0.3 is 11.1 Å². The summed E-state index contributed by atoms with van der Waals surface area (Å²) in [4.78, 5) is 0. The van der Waals surface area contributed by atoms with E-state index in [9.17, 15) is 22.0 Å². The summed E-state index contributed by atoms with van der Waals surface area (Å²) in [5, 5.41) is -10.5. The van der Waals surface area contributed by atoms with Crippen molar-refractivity contribution in [1.29, 1.82) is 0 Å². The molecule has 0 fully saturated rings. The zero-order chi connectivity index (χ0) is 10.7. The molecule has 2 atom stereocenters. The molecule has 13 heavy (non-hydrogen) atoms. The third kappa shape index (κ3) is 1.10. The molecule has 0 aromatic heterocycles. The number of halogens is 8. The van der Waals surface area contributed by atoms with Crippen molar-refractivity contribution in [1.82, 2.24) is 0 Å². The molecule has 0 aromatic rings. The number of rotatable bonds is 0. The Morgan fingerprint density at radius 3 is 1.46 bits per heavy atom. The summed E-state index contributed by atoms with van der Waals surface area (Å²) in [5.41, 5.74) is 0. The van der Waals surface area contributed by atoms with Gasteiger partial charge in [-0.1, -0.05) is 34.8 Å². The minimum Gasteiger partial charge on any atom is -0.213 e. The fourth-order valence-corrected chi connectivity index (χ4v) is 1.50. The lowest BCUT2D eigenvalue weighted by Crippen LogP contribution is -2.47. The first-order chi connectivity index (χ1) is 5.57. The molecule has 2 unspecified atom stereocenters. The molecule has 0 N–H and O–H groups in total. The van der Waals surface area contributed by atoms with Gasteiger partial charge in [0.15, 0.2) is 5.83 Å². The summed E-state index contributed by atoms with van der Waals surface area (Å²) in [5.74, 6) is -6.99. The molecular weight excluding hydrogens is 261 g/mol. The zero-order valence-corrected chi connectivity index (χ0v) is 7.79. The molecule has 1 aliphatic carbocycles. The fraction of sp³-hybridized carbons (Fsp3) is 0.600. The molecule has 0 radical (unpaired) electrons. The molecule has 76 valence electrons. The van der Waals surface area contributed by atoms with E-state index in [0.29, 0.717) is 0 Å². The van der Waals surface area contributed by atoms with Crippen molar-refractivity contribution < 1.29 is 22.0 Å². The lowest BCUT2D eigenvalue weighted by atomic mass is 10.2. The first-order valence-electron chi connectivity index (χ1n) is 2.76. The van der Waals surface area contributed by atoms with Gasteiger partial charge in [0.05, 0.1) is 0 Å². The van der Waals surface area contributed by atoms with Gasteiger partial charge in [-0.05, 0) is 0 Å². The average Bonchev–Trinajstić information content (AvgIpc) is 2.05. The van der Waals surface area contributed by atoms with Crippen LogP contribution in [-0.2, 0) is 0 Å². The van der Waals surface area contributed by atoms with Crippen LogP contribution in [0.1, 0.15) is 0 Å². The van der Waals surface area contributed by atoms with Crippen LogP contribution < -0.4 is 0 Å². The van der Waals surface area contributed by atoms with Gasteiger partial charge in [-0.3, -0.25) is 0 Å². The van der Waals surface area contributed by atoms with Gasteiger partial charge in [-0.2, -0.15) is 8.78 Å². The van der Waals surface area contributed by atoms with E-state index in [1.165, 1.54) is 0 Å². The second-order valence-corrected chi connectivity index (χ2v) is 3.77. The largest absolute Gasteiger partial charge is 0.338 e. The molecule has 0 saturated carbocycles. The Balaban J connectivity index is 3.39. The summed E-state index contributed by atoms with van der Waals surface area (Å²) in [6.07, 6.45) is 0.